The van der Waals surface area contributed by atoms with Gasteiger partial charge in [0.2, 0.25) is 0 Å². The maximum atomic E-state index is 12.2. The minimum atomic E-state index is -0.268. The Kier molecular flexibility index (Phi) is 6.27. The summed E-state index contributed by atoms with van der Waals surface area (Å²) in [6.07, 6.45) is 1.73. The lowest BCUT2D eigenvalue weighted by Crippen LogP contribution is -2.31. The van der Waals surface area contributed by atoms with Crippen LogP contribution in [0.15, 0.2) is 23.1 Å². The van der Waals surface area contributed by atoms with Crippen LogP contribution in [0.5, 0.6) is 5.75 Å². The third-order valence-electron chi connectivity index (χ3n) is 2.95. The van der Waals surface area contributed by atoms with Gasteiger partial charge < -0.3 is 9.47 Å². The second-order valence-corrected chi connectivity index (χ2v) is 6.60. The van der Waals surface area contributed by atoms with Gasteiger partial charge in [0.15, 0.2) is 0 Å². The molecule has 0 unspecified atom stereocenters. The minimum Gasteiger partial charge on any atom is -0.493 e. The van der Waals surface area contributed by atoms with Gasteiger partial charge in [-0.1, -0.05) is 6.07 Å². The molecule has 2 amide bonds. The van der Waals surface area contributed by atoms with Gasteiger partial charge in [-0.2, -0.15) is 0 Å². The SMILES string of the molecule is CCOc1ccc(/C=C2/SC(=O)N(CCOC)C2=O)cc1I. The summed E-state index contributed by atoms with van der Waals surface area (Å²) in [5.74, 6) is 0.546. The molecular weight excluding hydrogens is 417 g/mol. The zero-order chi connectivity index (χ0) is 16.1. The first kappa shape index (κ1) is 17.3. The molecular formula is C15H16INO4S. The predicted octanol–water partition coefficient (Wildman–Crippen LogP) is 3.37. The van der Waals surface area contributed by atoms with E-state index < -0.39 is 0 Å². The van der Waals surface area contributed by atoms with Crippen LogP contribution in [0.1, 0.15) is 12.5 Å². The van der Waals surface area contributed by atoms with Crippen molar-refractivity contribution in [3.8, 4) is 5.75 Å². The van der Waals surface area contributed by atoms with Crippen LogP contribution in [0, 0.1) is 3.57 Å². The van der Waals surface area contributed by atoms with Crippen molar-refractivity contribution >= 4 is 51.6 Å². The molecule has 0 bridgehead atoms. The number of benzene rings is 1. The third-order valence-corrected chi connectivity index (χ3v) is 4.70. The van der Waals surface area contributed by atoms with E-state index in [0.717, 1.165) is 26.6 Å². The van der Waals surface area contributed by atoms with E-state index in [9.17, 15) is 9.59 Å². The minimum absolute atomic E-state index is 0.256. The lowest BCUT2D eigenvalue weighted by Gasteiger charge is -2.10. The summed E-state index contributed by atoms with van der Waals surface area (Å²) in [6.45, 7) is 3.15. The molecule has 22 heavy (non-hydrogen) atoms. The van der Waals surface area contributed by atoms with Gasteiger partial charge in [0.05, 0.1) is 28.2 Å². The van der Waals surface area contributed by atoms with Crippen LogP contribution in [0.4, 0.5) is 4.79 Å². The van der Waals surface area contributed by atoms with Gasteiger partial charge >= 0.3 is 0 Å². The van der Waals surface area contributed by atoms with E-state index in [2.05, 4.69) is 22.6 Å². The van der Waals surface area contributed by atoms with Crippen molar-refractivity contribution < 1.29 is 19.1 Å². The van der Waals surface area contributed by atoms with Crippen molar-refractivity contribution in [2.75, 3.05) is 26.9 Å². The van der Waals surface area contributed by atoms with Crippen LogP contribution >= 0.6 is 34.4 Å². The Morgan fingerprint density at radius 2 is 2.14 bits per heavy atom. The number of carbonyl (C=O) groups is 2. The van der Waals surface area contributed by atoms with Gasteiger partial charge in [-0.05, 0) is 65.0 Å². The van der Waals surface area contributed by atoms with Gasteiger partial charge in [0, 0.05) is 7.11 Å². The molecule has 1 saturated heterocycles. The second-order valence-electron chi connectivity index (χ2n) is 4.45. The highest BCUT2D eigenvalue weighted by atomic mass is 127. The summed E-state index contributed by atoms with van der Waals surface area (Å²) in [4.78, 5) is 25.7. The topological polar surface area (TPSA) is 55.8 Å². The van der Waals surface area contributed by atoms with Crippen molar-refractivity contribution in [1.82, 2.24) is 4.90 Å². The molecule has 1 fully saturated rings. The van der Waals surface area contributed by atoms with Gasteiger partial charge in [-0.15, -0.1) is 0 Å². The van der Waals surface area contributed by atoms with Crippen molar-refractivity contribution in [2.45, 2.75) is 6.92 Å². The monoisotopic (exact) mass is 433 g/mol. The van der Waals surface area contributed by atoms with E-state index in [1.165, 1.54) is 12.0 Å². The summed E-state index contributed by atoms with van der Waals surface area (Å²) in [6, 6.07) is 5.66. The summed E-state index contributed by atoms with van der Waals surface area (Å²) in [5, 5.41) is -0.256. The Hall–Kier alpha value is -1.06. The molecule has 0 spiro atoms. The standard InChI is InChI=1S/C15H16INO4S/c1-3-21-12-5-4-10(8-11(12)16)9-13-14(18)17(6-7-20-2)15(19)22-13/h4-5,8-9H,3,6-7H2,1-2H3/b13-9+. The molecule has 5 nitrogen and oxygen atoms in total. The molecule has 0 N–H and O–H groups in total. The fourth-order valence-electron chi connectivity index (χ4n) is 1.91. The molecule has 1 aromatic rings. The third kappa shape index (κ3) is 4.02. The number of carbonyl (C=O) groups excluding carboxylic acids is 2. The number of nitrogens with zero attached hydrogens (tertiary/aromatic N) is 1. The number of methoxy groups -OCH3 is 1. The van der Waals surface area contributed by atoms with Crippen LogP contribution in [-0.4, -0.2) is 42.9 Å². The number of hydrogen-bond donors (Lipinski definition) is 0. The first-order chi connectivity index (χ1) is 10.6. The molecule has 2 rings (SSSR count). The summed E-state index contributed by atoms with van der Waals surface area (Å²) < 4.78 is 11.4. The van der Waals surface area contributed by atoms with Crippen molar-refractivity contribution in [3.05, 3.63) is 32.2 Å². The summed E-state index contributed by atoms with van der Waals surface area (Å²) in [5.41, 5.74) is 0.866. The molecule has 0 atom stereocenters. The number of ether oxygens (including phenoxy) is 2. The molecule has 0 saturated carbocycles. The van der Waals surface area contributed by atoms with Gasteiger partial charge in [-0.3, -0.25) is 14.5 Å². The van der Waals surface area contributed by atoms with Crippen molar-refractivity contribution in [2.24, 2.45) is 0 Å². The molecule has 0 aromatic heterocycles. The normalized spacial score (nSPS) is 16.7. The number of imide groups is 1. The summed E-state index contributed by atoms with van der Waals surface area (Å²) >= 11 is 3.14. The molecule has 1 aliphatic heterocycles. The number of amides is 2. The van der Waals surface area contributed by atoms with Crippen LogP contribution in [0.3, 0.4) is 0 Å². The Morgan fingerprint density at radius 1 is 1.36 bits per heavy atom. The Morgan fingerprint density at radius 3 is 2.77 bits per heavy atom. The van der Waals surface area contributed by atoms with Gasteiger partial charge in [0.25, 0.3) is 11.1 Å². The van der Waals surface area contributed by atoms with Crippen molar-refractivity contribution in [3.63, 3.8) is 0 Å². The van der Waals surface area contributed by atoms with E-state index >= 15 is 0 Å². The van der Waals surface area contributed by atoms with Gasteiger partial charge in [-0.25, -0.2) is 0 Å². The van der Waals surface area contributed by atoms with Gasteiger partial charge in [0.1, 0.15) is 5.75 Å². The number of halogens is 1. The Balaban J connectivity index is 2.18. The fourth-order valence-corrected chi connectivity index (χ4v) is 3.47. The molecule has 1 heterocycles. The first-order valence-corrected chi connectivity index (χ1v) is 8.63. The molecule has 1 aromatic carbocycles. The first-order valence-electron chi connectivity index (χ1n) is 6.73. The highest BCUT2D eigenvalue weighted by molar-refractivity contribution is 14.1. The molecule has 118 valence electrons. The number of thioether (sulfide) groups is 1. The molecule has 0 radical (unpaired) electrons. The molecule has 0 aliphatic carbocycles. The Labute approximate surface area is 147 Å². The molecule has 7 heteroatoms. The largest absolute Gasteiger partial charge is 0.493 e. The second kappa shape index (κ2) is 7.98. The highest BCUT2D eigenvalue weighted by Crippen LogP contribution is 2.33. The van der Waals surface area contributed by atoms with Crippen molar-refractivity contribution in [1.29, 1.82) is 0 Å². The number of hydrogen-bond acceptors (Lipinski definition) is 5. The molecule has 1 aliphatic rings. The van der Waals surface area contributed by atoms with Crippen LogP contribution in [0.2, 0.25) is 0 Å². The smallest absolute Gasteiger partial charge is 0.293 e. The average Bonchev–Trinajstić information content (AvgIpc) is 2.74. The van der Waals surface area contributed by atoms with Crippen LogP contribution in [0.25, 0.3) is 6.08 Å². The van der Waals surface area contributed by atoms with Crippen LogP contribution in [-0.2, 0) is 9.53 Å². The lowest BCUT2D eigenvalue weighted by atomic mass is 10.2. The zero-order valence-corrected chi connectivity index (χ0v) is 15.3. The number of rotatable bonds is 6. The van der Waals surface area contributed by atoms with E-state index in [1.807, 2.05) is 25.1 Å². The highest BCUT2D eigenvalue weighted by Gasteiger charge is 2.34. The zero-order valence-electron chi connectivity index (χ0n) is 12.3. The predicted molar refractivity (Wildman–Crippen MR) is 94.9 cm³/mol. The van der Waals surface area contributed by atoms with E-state index in [0.29, 0.717) is 18.1 Å². The van der Waals surface area contributed by atoms with Crippen LogP contribution < -0.4 is 4.74 Å². The maximum Gasteiger partial charge on any atom is 0.293 e. The van der Waals surface area contributed by atoms with E-state index in [-0.39, 0.29) is 17.7 Å². The maximum absolute atomic E-state index is 12.2. The van der Waals surface area contributed by atoms with E-state index in [1.54, 1.807) is 6.08 Å². The average molecular weight is 433 g/mol. The Bertz CT molecular complexity index is 618. The lowest BCUT2D eigenvalue weighted by molar-refractivity contribution is -0.123. The quantitative estimate of drug-likeness (QED) is 0.509. The fraction of sp³-hybridized carbons (Fsp3) is 0.333. The van der Waals surface area contributed by atoms with E-state index in [4.69, 9.17) is 9.47 Å². The summed E-state index contributed by atoms with van der Waals surface area (Å²) in [7, 11) is 1.54.